The summed E-state index contributed by atoms with van der Waals surface area (Å²) >= 11 is 1.50. The van der Waals surface area contributed by atoms with Gasteiger partial charge >= 0.3 is 0 Å². The van der Waals surface area contributed by atoms with Crippen LogP contribution in [-0.2, 0) is 13.0 Å². The maximum atomic E-state index is 12.5. The number of imidazole rings is 1. The SMILES string of the molecule is CCc1nnc(CN(CC)C(=O)c2cn3ccsc3n2)o1. The molecule has 0 spiro atoms. The first-order chi connectivity index (χ1) is 10.2. The molecule has 0 saturated heterocycles. The highest BCUT2D eigenvalue weighted by Gasteiger charge is 2.20. The molecule has 0 aromatic carbocycles. The van der Waals surface area contributed by atoms with Gasteiger partial charge in [0.15, 0.2) is 4.96 Å². The van der Waals surface area contributed by atoms with E-state index in [0.29, 0.717) is 37.0 Å². The number of carbonyl (C=O) groups is 1. The van der Waals surface area contributed by atoms with Crippen LogP contribution in [0.3, 0.4) is 0 Å². The number of amides is 1. The van der Waals surface area contributed by atoms with Gasteiger partial charge in [-0.15, -0.1) is 21.5 Å². The number of nitrogens with zero attached hydrogens (tertiary/aromatic N) is 5. The molecule has 110 valence electrons. The molecule has 0 fully saturated rings. The summed E-state index contributed by atoms with van der Waals surface area (Å²) in [5.41, 5.74) is 0.430. The van der Waals surface area contributed by atoms with Crippen molar-refractivity contribution in [2.24, 2.45) is 0 Å². The maximum absolute atomic E-state index is 12.5. The molecule has 0 saturated carbocycles. The molecule has 0 radical (unpaired) electrons. The highest BCUT2D eigenvalue weighted by molar-refractivity contribution is 7.15. The van der Waals surface area contributed by atoms with Crippen molar-refractivity contribution < 1.29 is 9.21 Å². The van der Waals surface area contributed by atoms with Gasteiger partial charge in [0.1, 0.15) is 5.69 Å². The van der Waals surface area contributed by atoms with Gasteiger partial charge in [0.25, 0.3) is 5.91 Å². The summed E-state index contributed by atoms with van der Waals surface area (Å²) in [5.74, 6) is 0.892. The maximum Gasteiger partial charge on any atom is 0.274 e. The van der Waals surface area contributed by atoms with E-state index in [-0.39, 0.29) is 5.91 Å². The smallest absolute Gasteiger partial charge is 0.274 e. The van der Waals surface area contributed by atoms with Crippen molar-refractivity contribution in [3.8, 4) is 0 Å². The van der Waals surface area contributed by atoms with Crippen LogP contribution in [0, 0.1) is 0 Å². The Hall–Kier alpha value is -2.22. The first-order valence-corrected chi connectivity index (χ1v) is 7.62. The summed E-state index contributed by atoms with van der Waals surface area (Å²) in [6.45, 7) is 4.70. The van der Waals surface area contributed by atoms with Gasteiger partial charge in [-0.2, -0.15) is 0 Å². The number of aromatic nitrogens is 4. The molecule has 0 atom stereocenters. The van der Waals surface area contributed by atoms with Gasteiger partial charge in [-0.3, -0.25) is 9.20 Å². The lowest BCUT2D eigenvalue weighted by atomic mass is 10.3. The molecule has 7 nitrogen and oxygen atoms in total. The van der Waals surface area contributed by atoms with Crippen molar-refractivity contribution in [3.63, 3.8) is 0 Å². The van der Waals surface area contributed by atoms with Crippen LogP contribution in [0.25, 0.3) is 4.96 Å². The normalized spacial score (nSPS) is 11.1. The fraction of sp³-hybridized carbons (Fsp3) is 0.385. The molecule has 3 rings (SSSR count). The molecule has 0 aliphatic carbocycles. The number of thiazole rings is 1. The second kappa shape index (κ2) is 5.65. The number of fused-ring (bicyclic) bond motifs is 1. The summed E-state index contributed by atoms with van der Waals surface area (Å²) < 4.78 is 7.30. The Morgan fingerprint density at radius 2 is 2.19 bits per heavy atom. The summed E-state index contributed by atoms with van der Waals surface area (Å²) in [7, 11) is 0. The second-order valence-corrected chi connectivity index (χ2v) is 5.35. The predicted molar refractivity (Wildman–Crippen MR) is 77.2 cm³/mol. The fourth-order valence-corrected chi connectivity index (χ4v) is 2.68. The lowest BCUT2D eigenvalue weighted by Gasteiger charge is -2.17. The first-order valence-electron chi connectivity index (χ1n) is 6.74. The average Bonchev–Trinajstić information content (AvgIpc) is 3.18. The van der Waals surface area contributed by atoms with Crippen molar-refractivity contribution in [3.05, 3.63) is 35.2 Å². The standard InChI is InChI=1S/C13H15N5O2S/c1-3-10-15-16-11(20-10)8-17(4-2)12(19)9-7-18-5-6-21-13(18)14-9/h5-7H,3-4,8H2,1-2H3. The topological polar surface area (TPSA) is 76.5 Å². The molecule has 3 heterocycles. The largest absolute Gasteiger partial charge is 0.423 e. The lowest BCUT2D eigenvalue weighted by Crippen LogP contribution is -2.30. The quantitative estimate of drug-likeness (QED) is 0.720. The van der Waals surface area contributed by atoms with Gasteiger partial charge in [-0.25, -0.2) is 4.98 Å². The third kappa shape index (κ3) is 2.66. The highest BCUT2D eigenvalue weighted by atomic mass is 32.1. The molecule has 0 aliphatic rings. The minimum Gasteiger partial charge on any atom is -0.423 e. The summed E-state index contributed by atoms with van der Waals surface area (Å²) in [5, 5.41) is 9.79. The summed E-state index contributed by atoms with van der Waals surface area (Å²) in [4.78, 5) is 19.3. The van der Waals surface area contributed by atoms with Crippen LogP contribution in [0.2, 0.25) is 0 Å². The van der Waals surface area contributed by atoms with Crippen LogP contribution in [0.1, 0.15) is 36.1 Å². The molecule has 0 unspecified atom stereocenters. The molecular formula is C13H15N5O2S. The van der Waals surface area contributed by atoms with Crippen molar-refractivity contribution in [1.82, 2.24) is 24.5 Å². The molecule has 0 bridgehead atoms. The number of aryl methyl sites for hydroxylation is 1. The van der Waals surface area contributed by atoms with Gasteiger partial charge in [0, 0.05) is 30.7 Å². The molecule has 3 aromatic heterocycles. The number of rotatable bonds is 5. The van der Waals surface area contributed by atoms with Crippen LogP contribution in [0.4, 0.5) is 0 Å². The number of hydrogen-bond acceptors (Lipinski definition) is 6. The minimum absolute atomic E-state index is 0.135. The van der Waals surface area contributed by atoms with Crippen molar-refractivity contribution in [2.75, 3.05) is 6.54 Å². The van der Waals surface area contributed by atoms with E-state index in [9.17, 15) is 4.79 Å². The van der Waals surface area contributed by atoms with Gasteiger partial charge in [0.2, 0.25) is 11.8 Å². The Bertz CT molecular complexity index is 731. The Kier molecular flexibility index (Phi) is 3.70. The first kappa shape index (κ1) is 13.7. The molecule has 1 amide bonds. The van der Waals surface area contributed by atoms with E-state index in [1.54, 1.807) is 11.1 Å². The monoisotopic (exact) mass is 305 g/mol. The van der Waals surface area contributed by atoms with E-state index in [1.807, 2.05) is 29.8 Å². The lowest BCUT2D eigenvalue weighted by molar-refractivity contribution is 0.0732. The highest BCUT2D eigenvalue weighted by Crippen LogP contribution is 2.14. The van der Waals surface area contributed by atoms with E-state index < -0.39 is 0 Å². The van der Waals surface area contributed by atoms with E-state index in [0.717, 1.165) is 4.96 Å². The molecule has 0 N–H and O–H groups in total. The van der Waals surface area contributed by atoms with Crippen molar-refractivity contribution in [1.29, 1.82) is 0 Å². The third-order valence-corrected chi connectivity index (χ3v) is 3.89. The summed E-state index contributed by atoms with van der Waals surface area (Å²) in [6.07, 6.45) is 4.30. The van der Waals surface area contributed by atoms with E-state index in [4.69, 9.17) is 4.42 Å². The van der Waals surface area contributed by atoms with Crippen LogP contribution in [0.15, 0.2) is 22.2 Å². The Balaban J connectivity index is 1.78. The third-order valence-electron chi connectivity index (χ3n) is 3.12. The fourth-order valence-electron chi connectivity index (χ4n) is 1.98. The Labute approximate surface area is 125 Å². The number of hydrogen-bond donors (Lipinski definition) is 0. The van der Waals surface area contributed by atoms with Crippen LogP contribution < -0.4 is 0 Å². The average molecular weight is 305 g/mol. The molecular weight excluding hydrogens is 290 g/mol. The Morgan fingerprint density at radius 3 is 2.86 bits per heavy atom. The molecule has 3 aromatic rings. The molecule has 21 heavy (non-hydrogen) atoms. The van der Waals surface area contributed by atoms with Crippen LogP contribution in [-0.4, -0.2) is 36.9 Å². The van der Waals surface area contributed by atoms with Crippen LogP contribution >= 0.6 is 11.3 Å². The molecule has 0 aliphatic heterocycles. The van der Waals surface area contributed by atoms with Gasteiger partial charge in [-0.05, 0) is 6.92 Å². The minimum atomic E-state index is -0.135. The van der Waals surface area contributed by atoms with Crippen LogP contribution in [0.5, 0.6) is 0 Å². The zero-order valence-electron chi connectivity index (χ0n) is 11.8. The van der Waals surface area contributed by atoms with Gasteiger partial charge in [0.05, 0.1) is 6.54 Å². The number of carbonyl (C=O) groups excluding carboxylic acids is 1. The zero-order valence-corrected chi connectivity index (χ0v) is 12.6. The van der Waals surface area contributed by atoms with Gasteiger partial charge in [-0.1, -0.05) is 6.92 Å². The second-order valence-electron chi connectivity index (χ2n) is 4.48. The predicted octanol–water partition coefficient (Wildman–Crippen LogP) is 2.00. The molecule has 8 heteroatoms. The van der Waals surface area contributed by atoms with E-state index in [2.05, 4.69) is 15.2 Å². The van der Waals surface area contributed by atoms with Gasteiger partial charge < -0.3 is 9.32 Å². The van der Waals surface area contributed by atoms with Crippen molar-refractivity contribution in [2.45, 2.75) is 26.8 Å². The van der Waals surface area contributed by atoms with E-state index >= 15 is 0 Å². The van der Waals surface area contributed by atoms with E-state index in [1.165, 1.54) is 11.3 Å². The Morgan fingerprint density at radius 1 is 1.38 bits per heavy atom. The summed E-state index contributed by atoms with van der Waals surface area (Å²) in [6, 6.07) is 0. The zero-order chi connectivity index (χ0) is 14.8. The van der Waals surface area contributed by atoms with Crippen molar-refractivity contribution >= 4 is 22.2 Å².